The van der Waals surface area contributed by atoms with Crippen LogP contribution < -0.4 is 0 Å². The van der Waals surface area contributed by atoms with E-state index in [2.05, 4.69) is 19.9 Å². The highest BCUT2D eigenvalue weighted by Crippen LogP contribution is 2.30. The third-order valence-electron chi connectivity index (χ3n) is 4.89. The summed E-state index contributed by atoms with van der Waals surface area (Å²) in [6.07, 6.45) is 2.25. The van der Waals surface area contributed by atoms with Gasteiger partial charge in [0.25, 0.3) is 0 Å². The summed E-state index contributed by atoms with van der Waals surface area (Å²) in [6, 6.07) is 9.53. The third kappa shape index (κ3) is 4.84. The topological polar surface area (TPSA) is 78.9 Å². The van der Waals surface area contributed by atoms with Gasteiger partial charge in [0, 0.05) is 23.6 Å². The minimum absolute atomic E-state index is 0.0154. The normalized spacial score (nSPS) is 12.6. The first-order valence-corrected chi connectivity index (χ1v) is 9.59. The lowest BCUT2D eigenvalue weighted by Gasteiger charge is -2.18. The van der Waals surface area contributed by atoms with Crippen molar-refractivity contribution in [2.24, 2.45) is 0 Å². The summed E-state index contributed by atoms with van der Waals surface area (Å²) >= 11 is 0. The Morgan fingerprint density at radius 2 is 1.93 bits per heavy atom. The molecular weight excluding hydrogens is 338 g/mol. The molecule has 0 amide bonds. The van der Waals surface area contributed by atoms with Crippen molar-refractivity contribution in [3.8, 4) is 17.3 Å². The average Bonchev–Trinajstić information content (AvgIpc) is 3.04. The average molecular weight is 367 g/mol. The van der Waals surface area contributed by atoms with Crippen molar-refractivity contribution in [1.29, 1.82) is 5.26 Å². The highest BCUT2D eigenvalue weighted by Gasteiger charge is 2.26. The first-order chi connectivity index (χ1) is 12.7. The maximum Gasteiger partial charge on any atom is 0.181 e. The van der Waals surface area contributed by atoms with Gasteiger partial charge in [-0.3, -0.25) is 9.48 Å². The summed E-state index contributed by atoms with van der Waals surface area (Å²) in [4.78, 5) is 13.0. The molecule has 0 spiro atoms. The van der Waals surface area contributed by atoms with Crippen molar-refractivity contribution in [3.63, 3.8) is 0 Å². The monoisotopic (exact) mass is 367 g/mol. The molecule has 2 rings (SSSR count). The van der Waals surface area contributed by atoms with E-state index in [9.17, 15) is 9.90 Å². The zero-order valence-electron chi connectivity index (χ0n) is 16.9. The molecule has 0 aliphatic rings. The van der Waals surface area contributed by atoms with Gasteiger partial charge in [-0.25, -0.2) is 0 Å². The number of rotatable bonds is 8. The lowest BCUT2D eigenvalue weighted by Crippen LogP contribution is -2.22. The predicted molar refractivity (Wildman–Crippen MR) is 107 cm³/mol. The summed E-state index contributed by atoms with van der Waals surface area (Å²) in [5.41, 5.74) is 3.01. The van der Waals surface area contributed by atoms with Gasteiger partial charge in [0.05, 0.1) is 22.9 Å². The molecule has 5 nitrogen and oxygen atoms in total. The highest BCUT2D eigenvalue weighted by molar-refractivity contribution is 5.97. The van der Waals surface area contributed by atoms with Crippen LogP contribution in [0, 0.1) is 11.3 Å². The molecule has 0 saturated heterocycles. The number of nitriles is 1. The van der Waals surface area contributed by atoms with E-state index in [4.69, 9.17) is 10.4 Å². The minimum atomic E-state index is -0.876. The molecule has 144 valence electrons. The second-order valence-corrected chi connectivity index (χ2v) is 7.66. The van der Waals surface area contributed by atoms with Gasteiger partial charge in [0.1, 0.15) is 5.69 Å². The van der Waals surface area contributed by atoms with E-state index in [0.29, 0.717) is 24.1 Å². The molecule has 0 radical (unpaired) electrons. The fraction of sp³-hybridized carbons (Fsp3) is 0.500. The molecule has 0 bridgehead atoms. The lowest BCUT2D eigenvalue weighted by molar-refractivity contribution is 0.0628. The summed E-state index contributed by atoms with van der Waals surface area (Å²) < 4.78 is 1.85. The Bertz CT molecular complexity index is 836. The number of benzene rings is 1. The second kappa shape index (κ2) is 8.49. The van der Waals surface area contributed by atoms with Gasteiger partial charge in [-0.1, -0.05) is 26.0 Å². The van der Waals surface area contributed by atoms with Crippen LogP contribution in [0.25, 0.3) is 11.3 Å². The Labute approximate surface area is 161 Å². The third-order valence-corrected chi connectivity index (χ3v) is 4.89. The van der Waals surface area contributed by atoms with Crippen LogP contribution >= 0.6 is 0 Å². The maximum absolute atomic E-state index is 13.0. The molecule has 1 aromatic heterocycles. The summed E-state index contributed by atoms with van der Waals surface area (Å²) in [5, 5.41) is 23.8. The van der Waals surface area contributed by atoms with Gasteiger partial charge in [-0.15, -0.1) is 0 Å². The Morgan fingerprint density at radius 1 is 1.30 bits per heavy atom. The van der Waals surface area contributed by atoms with Gasteiger partial charge in [0.15, 0.2) is 5.78 Å². The molecule has 0 aliphatic carbocycles. The SMILES string of the molecule is CCc1c(-c2ccc(C#N)cc2)nn(C(C)CC)c1C(=O)CCC(C)(C)O. The molecule has 0 saturated carbocycles. The summed E-state index contributed by atoms with van der Waals surface area (Å²) in [6.45, 7) is 9.59. The van der Waals surface area contributed by atoms with Crippen LogP contribution in [0.15, 0.2) is 24.3 Å². The van der Waals surface area contributed by atoms with Crippen LogP contribution in [0.4, 0.5) is 0 Å². The van der Waals surface area contributed by atoms with E-state index in [0.717, 1.165) is 23.2 Å². The standard InChI is InChI=1S/C22H29N3O2/c1-6-15(3)25-21(19(26)12-13-22(4,5)27)18(7-2)20(24-25)17-10-8-16(14-23)9-11-17/h8-11,15,27H,6-7,12-13H2,1-5H3. The van der Waals surface area contributed by atoms with Gasteiger partial charge in [-0.2, -0.15) is 10.4 Å². The Balaban J connectivity index is 2.54. The maximum atomic E-state index is 13.0. The molecule has 0 aliphatic heterocycles. The molecule has 1 atom stereocenters. The number of carbonyl (C=O) groups is 1. The van der Waals surface area contributed by atoms with Crippen molar-refractivity contribution in [1.82, 2.24) is 9.78 Å². The van der Waals surface area contributed by atoms with Crippen molar-refractivity contribution in [2.45, 2.75) is 71.9 Å². The number of aliphatic hydroxyl groups is 1. The van der Waals surface area contributed by atoms with Crippen LogP contribution in [-0.4, -0.2) is 26.3 Å². The van der Waals surface area contributed by atoms with Crippen molar-refractivity contribution in [2.75, 3.05) is 0 Å². The fourth-order valence-electron chi connectivity index (χ4n) is 3.06. The van der Waals surface area contributed by atoms with E-state index in [1.807, 2.05) is 23.7 Å². The smallest absolute Gasteiger partial charge is 0.181 e. The van der Waals surface area contributed by atoms with E-state index in [1.165, 1.54) is 0 Å². The quantitative estimate of drug-likeness (QED) is 0.687. The zero-order valence-corrected chi connectivity index (χ0v) is 16.9. The molecular formula is C22H29N3O2. The van der Waals surface area contributed by atoms with Gasteiger partial charge in [0.2, 0.25) is 0 Å². The van der Waals surface area contributed by atoms with Crippen LogP contribution in [0.5, 0.6) is 0 Å². The fourth-order valence-corrected chi connectivity index (χ4v) is 3.06. The van der Waals surface area contributed by atoms with Crippen molar-refractivity contribution < 1.29 is 9.90 Å². The van der Waals surface area contributed by atoms with E-state index < -0.39 is 5.60 Å². The number of nitrogens with zero attached hydrogens (tertiary/aromatic N) is 3. The van der Waals surface area contributed by atoms with Gasteiger partial charge < -0.3 is 5.11 Å². The number of ketones is 1. The molecule has 1 N–H and O–H groups in total. The lowest BCUT2D eigenvalue weighted by atomic mass is 9.96. The first-order valence-electron chi connectivity index (χ1n) is 9.59. The van der Waals surface area contributed by atoms with E-state index >= 15 is 0 Å². The van der Waals surface area contributed by atoms with Crippen LogP contribution in [0.1, 0.15) is 81.5 Å². The van der Waals surface area contributed by atoms with Crippen LogP contribution in [0.3, 0.4) is 0 Å². The number of aromatic nitrogens is 2. The summed E-state index contributed by atoms with van der Waals surface area (Å²) in [7, 11) is 0. The molecule has 5 heteroatoms. The first kappa shape index (κ1) is 20.9. The molecule has 0 fully saturated rings. The molecule has 27 heavy (non-hydrogen) atoms. The largest absolute Gasteiger partial charge is 0.390 e. The van der Waals surface area contributed by atoms with Gasteiger partial charge in [-0.05, 0) is 52.2 Å². The summed E-state index contributed by atoms with van der Waals surface area (Å²) in [5.74, 6) is 0.0154. The minimum Gasteiger partial charge on any atom is -0.390 e. The zero-order chi connectivity index (χ0) is 20.2. The van der Waals surface area contributed by atoms with Gasteiger partial charge >= 0.3 is 0 Å². The number of hydrogen-bond acceptors (Lipinski definition) is 4. The number of Topliss-reactive ketones (excluding diaryl/α,β-unsaturated/α-hetero) is 1. The molecule has 2 aromatic rings. The highest BCUT2D eigenvalue weighted by atomic mass is 16.3. The Hall–Kier alpha value is -2.45. The van der Waals surface area contributed by atoms with Crippen molar-refractivity contribution in [3.05, 3.63) is 41.1 Å². The van der Waals surface area contributed by atoms with Crippen LogP contribution in [-0.2, 0) is 6.42 Å². The second-order valence-electron chi connectivity index (χ2n) is 7.66. The van der Waals surface area contributed by atoms with Crippen molar-refractivity contribution >= 4 is 5.78 Å². The van der Waals surface area contributed by atoms with Crippen LogP contribution in [0.2, 0.25) is 0 Å². The number of hydrogen-bond donors (Lipinski definition) is 1. The molecule has 1 unspecified atom stereocenters. The molecule has 1 heterocycles. The Kier molecular flexibility index (Phi) is 6.56. The van der Waals surface area contributed by atoms with E-state index in [1.54, 1.807) is 26.0 Å². The predicted octanol–water partition coefficient (Wildman–Crippen LogP) is 4.69. The van der Waals surface area contributed by atoms with E-state index in [-0.39, 0.29) is 18.2 Å². The molecule has 1 aromatic carbocycles. The Morgan fingerprint density at radius 3 is 2.41 bits per heavy atom. The number of carbonyl (C=O) groups excluding carboxylic acids is 1.